The molecule has 1 aliphatic rings. The molecule has 4 rings (SSSR count). The van der Waals surface area contributed by atoms with Crippen molar-refractivity contribution in [1.29, 1.82) is 0 Å². The number of likely N-dealkylation sites (tertiary alicyclic amines) is 1. The van der Waals surface area contributed by atoms with Gasteiger partial charge in [-0.25, -0.2) is 4.98 Å². The summed E-state index contributed by atoms with van der Waals surface area (Å²) >= 11 is 0. The molecule has 2 N–H and O–H groups in total. The maximum atomic E-state index is 11.7. The van der Waals surface area contributed by atoms with Crippen LogP contribution in [0, 0.1) is 0 Å². The van der Waals surface area contributed by atoms with E-state index in [9.17, 15) is 9.59 Å². The zero-order valence-electron chi connectivity index (χ0n) is 21.6. The van der Waals surface area contributed by atoms with E-state index in [2.05, 4.69) is 32.1 Å². The molecule has 0 bridgehead atoms. The van der Waals surface area contributed by atoms with Crippen molar-refractivity contribution in [2.24, 2.45) is 0 Å². The molecule has 3 aromatic rings. The van der Waals surface area contributed by atoms with Crippen molar-refractivity contribution in [3.63, 3.8) is 0 Å². The van der Waals surface area contributed by atoms with Crippen molar-refractivity contribution >= 4 is 48.3 Å². The lowest BCUT2D eigenvalue weighted by molar-refractivity contribution is -0.127. The van der Waals surface area contributed by atoms with Crippen molar-refractivity contribution in [3.05, 3.63) is 67.4 Å². The van der Waals surface area contributed by atoms with Gasteiger partial charge in [-0.15, -0.1) is 0 Å². The molecular formula is C27H32N6O4S. The number of nitrogens with zero attached hydrogens (tertiary/aromatic N) is 4. The monoisotopic (exact) mass is 536 g/mol. The van der Waals surface area contributed by atoms with Gasteiger partial charge in [0.05, 0.1) is 13.3 Å². The fourth-order valence-electron chi connectivity index (χ4n) is 4.03. The first-order chi connectivity index (χ1) is 17.9. The third kappa shape index (κ3) is 6.94. The number of hydrogen-bond donors (Lipinski definition) is 2. The highest BCUT2D eigenvalue weighted by Gasteiger charge is 2.27. The van der Waals surface area contributed by atoms with E-state index in [0.717, 1.165) is 30.9 Å². The third-order valence-electron chi connectivity index (χ3n) is 6.13. The fraction of sp³-hybridized carbons (Fsp3) is 0.259. The van der Waals surface area contributed by atoms with Gasteiger partial charge in [0.25, 0.3) is 5.88 Å². The topological polar surface area (TPSA) is 109 Å². The van der Waals surface area contributed by atoms with Crippen LogP contribution in [-0.4, -0.2) is 60.0 Å². The first-order valence-corrected chi connectivity index (χ1v) is 11.8. The van der Waals surface area contributed by atoms with Gasteiger partial charge in [0.2, 0.25) is 17.8 Å². The van der Waals surface area contributed by atoms with Gasteiger partial charge in [-0.2, -0.15) is 18.5 Å². The minimum absolute atomic E-state index is 0. The summed E-state index contributed by atoms with van der Waals surface area (Å²) in [5.74, 6) is 1.18. The van der Waals surface area contributed by atoms with E-state index in [1.54, 1.807) is 31.2 Å². The van der Waals surface area contributed by atoms with Crippen molar-refractivity contribution in [2.45, 2.75) is 19.4 Å². The number of rotatable bonds is 9. The molecule has 0 spiro atoms. The molecule has 0 radical (unpaired) electrons. The Morgan fingerprint density at radius 3 is 2.61 bits per heavy atom. The van der Waals surface area contributed by atoms with Crippen LogP contribution < -0.4 is 25.0 Å². The molecule has 2 amide bonds. The first-order valence-electron chi connectivity index (χ1n) is 11.8. The SMILES string of the molecule is C=CC(=O)Nc1cccc(Oc2nc(Nc3ccc(N(C)[C@H]4CCN(C(C)=O)C4)cc3)ncc2OC)c1.S. The summed E-state index contributed by atoms with van der Waals surface area (Å²) in [6, 6.07) is 15.1. The van der Waals surface area contributed by atoms with Gasteiger partial charge in [-0.3, -0.25) is 9.59 Å². The molecule has 200 valence electrons. The van der Waals surface area contributed by atoms with Crippen LogP contribution in [0.2, 0.25) is 0 Å². The van der Waals surface area contributed by atoms with Crippen LogP contribution in [0.4, 0.5) is 23.0 Å². The Morgan fingerprint density at radius 2 is 1.95 bits per heavy atom. The Balaban J connectivity index is 0.00000400. The number of anilines is 4. The Bertz CT molecular complexity index is 1290. The van der Waals surface area contributed by atoms with Gasteiger partial charge in [0.1, 0.15) is 5.75 Å². The van der Waals surface area contributed by atoms with Crippen LogP contribution in [0.5, 0.6) is 17.4 Å². The van der Waals surface area contributed by atoms with Gasteiger partial charge >= 0.3 is 0 Å². The molecule has 1 fully saturated rings. The van der Waals surface area contributed by atoms with E-state index in [1.807, 2.05) is 36.2 Å². The zero-order chi connectivity index (χ0) is 26.4. The predicted octanol–water partition coefficient (Wildman–Crippen LogP) is 4.32. The van der Waals surface area contributed by atoms with E-state index in [4.69, 9.17) is 9.47 Å². The lowest BCUT2D eigenvalue weighted by atomic mass is 10.2. The Hall–Kier alpha value is -4.25. The van der Waals surface area contributed by atoms with Gasteiger partial charge in [-0.05, 0) is 48.9 Å². The molecule has 0 unspecified atom stereocenters. The fourth-order valence-corrected chi connectivity index (χ4v) is 4.03. The molecule has 0 aliphatic carbocycles. The van der Waals surface area contributed by atoms with Crippen LogP contribution in [0.15, 0.2) is 67.4 Å². The molecular weight excluding hydrogens is 504 g/mol. The standard InChI is InChI=1S/C27H30N6O4.H2S/c1-5-25(35)29-20-7-6-8-23(15-20)37-26-24(36-4)16-28-27(31-26)30-19-9-11-21(12-10-19)32(3)22-13-14-33(17-22)18(2)34;/h5-12,15-16,22H,1,13-14,17H2,2-4H3,(H,29,35)(H,28,30,31);1H2/t22-;/m0./s1. The summed E-state index contributed by atoms with van der Waals surface area (Å²) in [4.78, 5) is 36.1. The van der Waals surface area contributed by atoms with Crippen molar-refractivity contribution in [1.82, 2.24) is 14.9 Å². The summed E-state index contributed by atoms with van der Waals surface area (Å²) in [7, 11) is 3.55. The van der Waals surface area contributed by atoms with Crippen LogP contribution in [0.1, 0.15) is 13.3 Å². The summed E-state index contributed by atoms with van der Waals surface area (Å²) in [6.07, 6.45) is 3.67. The van der Waals surface area contributed by atoms with Gasteiger partial charge in [0, 0.05) is 56.2 Å². The minimum Gasteiger partial charge on any atom is -0.490 e. The lowest BCUT2D eigenvalue weighted by Gasteiger charge is -2.27. The summed E-state index contributed by atoms with van der Waals surface area (Å²) < 4.78 is 11.3. The quantitative estimate of drug-likeness (QED) is 0.390. The summed E-state index contributed by atoms with van der Waals surface area (Å²) in [5, 5.41) is 5.88. The Morgan fingerprint density at radius 1 is 1.18 bits per heavy atom. The maximum absolute atomic E-state index is 11.7. The normalized spacial score (nSPS) is 14.2. The highest BCUT2D eigenvalue weighted by molar-refractivity contribution is 7.59. The highest BCUT2D eigenvalue weighted by atomic mass is 32.1. The number of carbonyl (C=O) groups is 2. The molecule has 10 nitrogen and oxygen atoms in total. The Labute approximate surface area is 229 Å². The van der Waals surface area contributed by atoms with Gasteiger partial charge in [-0.1, -0.05) is 12.6 Å². The molecule has 1 aliphatic heterocycles. The Kier molecular flexibility index (Phi) is 9.55. The number of carbonyl (C=O) groups excluding carboxylic acids is 2. The number of likely N-dealkylation sites (N-methyl/N-ethyl adjacent to an activating group) is 1. The van der Waals surface area contributed by atoms with Crippen molar-refractivity contribution in [3.8, 4) is 17.4 Å². The molecule has 1 aromatic heterocycles. The van der Waals surface area contributed by atoms with E-state index < -0.39 is 0 Å². The van der Waals surface area contributed by atoms with E-state index in [-0.39, 0.29) is 37.2 Å². The number of hydrogen-bond acceptors (Lipinski definition) is 8. The minimum atomic E-state index is -0.318. The number of amides is 2. The van der Waals surface area contributed by atoms with Crippen LogP contribution in [0.25, 0.3) is 0 Å². The second-order valence-electron chi connectivity index (χ2n) is 8.58. The lowest BCUT2D eigenvalue weighted by Crippen LogP contribution is -2.35. The predicted molar refractivity (Wildman–Crippen MR) is 153 cm³/mol. The average Bonchev–Trinajstić information content (AvgIpc) is 3.40. The second-order valence-corrected chi connectivity index (χ2v) is 8.58. The molecule has 1 saturated heterocycles. The van der Waals surface area contributed by atoms with Crippen molar-refractivity contribution < 1.29 is 19.1 Å². The first kappa shape index (κ1) is 28.3. The summed E-state index contributed by atoms with van der Waals surface area (Å²) in [5.41, 5.74) is 2.42. The number of methoxy groups -OCH3 is 1. The molecule has 2 heterocycles. The number of benzene rings is 2. The third-order valence-corrected chi connectivity index (χ3v) is 6.13. The van der Waals surface area contributed by atoms with E-state index in [0.29, 0.717) is 23.1 Å². The molecule has 1 atom stereocenters. The van der Waals surface area contributed by atoms with Crippen LogP contribution >= 0.6 is 13.5 Å². The smallest absolute Gasteiger partial charge is 0.267 e. The van der Waals surface area contributed by atoms with E-state index in [1.165, 1.54) is 19.4 Å². The number of aromatic nitrogens is 2. The zero-order valence-corrected chi connectivity index (χ0v) is 22.6. The van der Waals surface area contributed by atoms with Gasteiger partial charge < -0.3 is 29.9 Å². The molecule has 0 saturated carbocycles. The van der Waals surface area contributed by atoms with E-state index >= 15 is 0 Å². The van der Waals surface area contributed by atoms with Crippen LogP contribution in [-0.2, 0) is 9.59 Å². The molecule has 2 aromatic carbocycles. The molecule has 11 heteroatoms. The average molecular weight is 537 g/mol. The number of ether oxygens (including phenoxy) is 2. The second kappa shape index (κ2) is 12.8. The molecule has 38 heavy (non-hydrogen) atoms. The highest BCUT2D eigenvalue weighted by Crippen LogP contribution is 2.32. The largest absolute Gasteiger partial charge is 0.490 e. The van der Waals surface area contributed by atoms with Gasteiger partial charge in [0.15, 0.2) is 5.75 Å². The number of nitrogens with one attached hydrogen (secondary N) is 2. The maximum Gasteiger partial charge on any atom is 0.267 e. The van der Waals surface area contributed by atoms with Crippen molar-refractivity contribution in [2.75, 3.05) is 42.8 Å². The summed E-state index contributed by atoms with van der Waals surface area (Å²) in [6.45, 7) is 6.59. The van der Waals surface area contributed by atoms with Crippen LogP contribution in [0.3, 0.4) is 0 Å².